The fourth-order valence-corrected chi connectivity index (χ4v) is 2.31. The molecule has 0 amide bonds. The summed E-state index contributed by atoms with van der Waals surface area (Å²) in [6.45, 7) is 6.60. The summed E-state index contributed by atoms with van der Waals surface area (Å²) >= 11 is 0. The molecule has 18 heavy (non-hydrogen) atoms. The maximum absolute atomic E-state index is 12.8. The van der Waals surface area contributed by atoms with Crippen LogP contribution in [0.5, 0.6) is 0 Å². The average molecular weight is 246 g/mol. The molecule has 0 aliphatic rings. The Labute approximate surface area is 107 Å². The van der Waals surface area contributed by atoms with Gasteiger partial charge in [-0.1, -0.05) is 24.3 Å². The topological polar surface area (TPSA) is 19.0 Å². The highest BCUT2D eigenvalue weighted by Crippen LogP contribution is 2.22. The Balaban J connectivity index is 2.16. The molecule has 1 aromatic heterocycles. The van der Waals surface area contributed by atoms with Gasteiger partial charge in [0.2, 0.25) is 0 Å². The average Bonchev–Trinajstić information content (AvgIpc) is 2.70. The smallest absolute Gasteiger partial charge is 0.143 e. The third-order valence-corrected chi connectivity index (χ3v) is 3.26. The molecule has 3 heteroatoms. The fraction of sp³-hybridized carbons (Fsp3) is 0.333. The number of rotatable bonds is 6. The largest absolute Gasteiger partial charge is 0.358 e. The van der Waals surface area contributed by atoms with Crippen LogP contribution in [0.3, 0.4) is 0 Å². The molecule has 0 fully saturated rings. The van der Waals surface area contributed by atoms with Gasteiger partial charge in [-0.15, -0.1) is 6.58 Å². The standard InChI is InChI=1S/C15H19FN2/c1-3-9-18(11-16)10-8-13-12(2)17-15-7-5-4-6-14(13)15/h3-7,17H,1,8-11H2,2H3. The molecule has 96 valence electrons. The van der Waals surface area contributed by atoms with Gasteiger partial charge >= 0.3 is 0 Å². The number of nitrogens with one attached hydrogen (secondary N) is 1. The van der Waals surface area contributed by atoms with Gasteiger partial charge in [-0.05, 0) is 25.0 Å². The lowest BCUT2D eigenvalue weighted by Crippen LogP contribution is -2.25. The van der Waals surface area contributed by atoms with E-state index >= 15 is 0 Å². The molecule has 0 aliphatic carbocycles. The number of H-pyrrole nitrogens is 1. The van der Waals surface area contributed by atoms with Crippen LogP contribution in [-0.2, 0) is 6.42 Å². The molecule has 1 N–H and O–H groups in total. The molecule has 0 saturated carbocycles. The predicted octanol–water partition coefficient (Wildman–Crippen LogP) is 3.43. The number of para-hydroxylation sites is 1. The van der Waals surface area contributed by atoms with Crippen LogP contribution in [-0.4, -0.2) is 29.8 Å². The maximum Gasteiger partial charge on any atom is 0.143 e. The van der Waals surface area contributed by atoms with Crippen molar-refractivity contribution in [2.45, 2.75) is 13.3 Å². The lowest BCUT2D eigenvalue weighted by Gasteiger charge is -2.16. The minimum absolute atomic E-state index is 0.423. The van der Waals surface area contributed by atoms with Gasteiger partial charge in [-0.2, -0.15) is 0 Å². The number of hydrogen-bond acceptors (Lipinski definition) is 1. The van der Waals surface area contributed by atoms with E-state index in [1.165, 1.54) is 16.6 Å². The van der Waals surface area contributed by atoms with Crippen LogP contribution < -0.4 is 0 Å². The molecule has 1 aromatic carbocycles. The van der Waals surface area contributed by atoms with Gasteiger partial charge in [0, 0.05) is 29.7 Å². The number of hydrogen-bond donors (Lipinski definition) is 1. The Hall–Kier alpha value is -1.61. The summed E-state index contributed by atoms with van der Waals surface area (Å²) in [7, 11) is 0. The predicted molar refractivity (Wildman–Crippen MR) is 74.5 cm³/mol. The maximum atomic E-state index is 12.8. The van der Waals surface area contributed by atoms with Gasteiger partial charge in [0.05, 0.1) is 0 Å². The highest BCUT2D eigenvalue weighted by atomic mass is 19.1. The van der Waals surface area contributed by atoms with E-state index in [0.717, 1.165) is 11.9 Å². The third-order valence-electron chi connectivity index (χ3n) is 3.26. The van der Waals surface area contributed by atoms with Gasteiger partial charge in [-0.25, -0.2) is 4.39 Å². The van der Waals surface area contributed by atoms with Crippen LogP contribution in [0, 0.1) is 6.92 Å². The summed E-state index contributed by atoms with van der Waals surface area (Å²) in [5.41, 5.74) is 3.61. The molecule has 1 heterocycles. The number of benzene rings is 1. The van der Waals surface area contributed by atoms with Crippen molar-refractivity contribution >= 4 is 10.9 Å². The van der Waals surface area contributed by atoms with E-state index in [0.29, 0.717) is 13.1 Å². The Morgan fingerprint density at radius 3 is 2.89 bits per heavy atom. The van der Waals surface area contributed by atoms with Crippen molar-refractivity contribution in [1.82, 2.24) is 9.88 Å². The van der Waals surface area contributed by atoms with Gasteiger partial charge in [0.1, 0.15) is 6.80 Å². The second-order valence-corrected chi connectivity index (χ2v) is 4.51. The van der Waals surface area contributed by atoms with Crippen molar-refractivity contribution in [3.63, 3.8) is 0 Å². The quantitative estimate of drug-likeness (QED) is 0.611. The van der Waals surface area contributed by atoms with Crippen molar-refractivity contribution in [1.29, 1.82) is 0 Å². The second kappa shape index (κ2) is 5.83. The monoisotopic (exact) mass is 246 g/mol. The Bertz CT molecular complexity index is 530. The lowest BCUT2D eigenvalue weighted by atomic mass is 10.1. The minimum atomic E-state index is -0.423. The van der Waals surface area contributed by atoms with E-state index in [1.807, 2.05) is 12.1 Å². The van der Waals surface area contributed by atoms with Crippen molar-refractivity contribution in [2.24, 2.45) is 0 Å². The van der Waals surface area contributed by atoms with Crippen LogP contribution in [0.15, 0.2) is 36.9 Å². The molecular weight excluding hydrogens is 227 g/mol. The number of halogens is 1. The number of aromatic amines is 1. The zero-order valence-electron chi connectivity index (χ0n) is 10.7. The normalized spacial score (nSPS) is 11.3. The summed E-state index contributed by atoms with van der Waals surface area (Å²) in [6, 6.07) is 8.24. The molecule has 0 bridgehead atoms. The molecule has 0 saturated heterocycles. The number of aryl methyl sites for hydroxylation is 1. The Kier molecular flexibility index (Phi) is 4.15. The summed E-state index contributed by atoms with van der Waals surface area (Å²) in [4.78, 5) is 5.11. The molecule has 2 nitrogen and oxygen atoms in total. The van der Waals surface area contributed by atoms with Crippen molar-refractivity contribution in [3.8, 4) is 0 Å². The van der Waals surface area contributed by atoms with Crippen LogP contribution in [0.1, 0.15) is 11.3 Å². The van der Waals surface area contributed by atoms with Gasteiger partial charge in [0.15, 0.2) is 0 Å². The molecule has 0 aliphatic heterocycles. The number of nitrogens with zero attached hydrogens (tertiary/aromatic N) is 1. The molecule has 0 radical (unpaired) electrons. The van der Waals surface area contributed by atoms with E-state index < -0.39 is 6.80 Å². The summed E-state index contributed by atoms with van der Waals surface area (Å²) in [5.74, 6) is 0. The first-order chi connectivity index (χ1) is 8.76. The first kappa shape index (κ1) is 12.8. The van der Waals surface area contributed by atoms with E-state index in [2.05, 4.69) is 30.6 Å². The molecule has 2 rings (SSSR count). The lowest BCUT2D eigenvalue weighted by molar-refractivity contribution is 0.206. The third kappa shape index (κ3) is 2.62. The summed E-state index contributed by atoms with van der Waals surface area (Å²) in [5, 5.41) is 1.24. The summed E-state index contributed by atoms with van der Waals surface area (Å²) < 4.78 is 12.8. The number of fused-ring (bicyclic) bond motifs is 1. The zero-order valence-corrected chi connectivity index (χ0v) is 10.7. The Morgan fingerprint density at radius 2 is 2.17 bits per heavy atom. The highest BCUT2D eigenvalue weighted by molar-refractivity contribution is 5.84. The van der Waals surface area contributed by atoms with Crippen molar-refractivity contribution < 1.29 is 4.39 Å². The number of aromatic nitrogens is 1. The first-order valence-corrected chi connectivity index (χ1v) is 6.21. The van der Waals surface area contributed by atoms with E-state index in [1.54, 1.807) is 11.0 Å². The molecule has 0 atom stereocenters. The second-order valence-electron chi connectivity index (χ2n) is 4.51. The van der Waals surface area contributed by atoms with Gasteiger partial charge in [0.25, 0.3) is 0 Å². The fourth-order valence-electron chi connectivity index (χ4n) is 2.31. The zero-order chi connectivity index (χ0) is 13.0. The van der Waals surface area contributed by atoms with Gasteiger partial charge in [-0.3, -0.25) is 4.90 Å². The molecule has 0 unspecified atom stereocenters. The van der Waals surface area contributed by atoms with Crippen molar-refractivity contribution in [3.05, 3.63) is 48.2 Å². The highest BCUT2D eigenvalue weighted by Gasteiger charge is 2.09. The van der Waals surface area contributed by atoms with Crippen LogP contribution >= 0.6 is 0 Å². The van der Waals surface area contributed by atoms with Crippen LogP contribution in [0.4, 0.5) is 4.39 Å². The van der Waals surface area contributed by atoms with Crippen LogP contribution in [0.2, 0.25) is 0 Å². The first-order valence-electron chi connectivity index (χ1n) is 6.21. The van der Waals surface area contributed by atoms with E-state index in [4.69, 9.17) is 0 Å². The molecule has 2 aromatic rings. The van der Waals surface area contributed by atoms with Crippen molar-refractivity contribution in [2.75, 3.05) is 19.9 Å². The Morgan fingerprint density at radius 1 is 1.39 bits per heavy atom. The summed E-state index contributed by atoms with van der Waals surface area (Å²) in [6.07, 6.45) is 2.59. The van der Waals surface area contributed by atoms with Gasteiger partial charge < -0.3 is 4.98 Å². The molecular formula is C15H19FN2. The minimum Gasteiger partial charge on any atom is -0.358 e. The van der Waals surface area contributed by atoms with E-state index in [-0.39, 0.29) is 0 Å². The van der Waals surface area contributed by atoms with Crippen LogP contribution in [0.25, 0.3) is 10.9 Å². The molecule has 0 spiro atoms. The van der Waals surface area contributed by atoms with E-state index in [9.17, 15) is 4.39 Å². The number of alkyl halides is 1. The SMILES string of the molecule is C=CCN(CF)CCc1c(C)[nH]c2ccccc12.